The fourth-order valence-electron chi connectivity index (χ4n) is 3.01. The summed E-state index contributed by atoms with van der Waals surface area (Å²) >= 11 is 0. The number of aryl methyl sites for hydroxylation is 2. The van der Waals surface area contributed by atoms with Gasteiger partial charge in [0.15, 0.2) is 0 Å². The molecule has 0 radical (unpaired) electrons. The van der Waals surface area contributed by atoms with Crippen molar-refractivity contribution in [3.63, 3.8) is 0 Å². The van der Waals surface area contributed by atoms with Gasteiger partial charge in [-0.3, -0.25) is 9.59 Å². The monoisotopic (exact) mass is 394 g/mol. The van der Waals surface area contributed by atoms with Gasteiger partial charge in [-0.25, -0.2) is 4.39 Å². The van der Waals surface area contributed by atoms with E-state index in [1.165, 1.54) is 12.1 Å². The molecule has 0 saturated carbocycles. The van der Waals surface area contributed by atoms with Crippen LogP contribution in [0.25, 0.3) is 0 Å². The molecular formula is C23H23FN2O3. The molecule has 0 atom stereocenters. The minimum Gasteiger partial charge on any atom is -0.493 e. The van der Waals surface area contributed by atoms with Gasteiger partial charge in [0.25, 0.3) is 11.5 Å². The molecule has 6 heteroatoms. The van der Waals surface area contributed by atoms with Gasteiger partial charge in [0, 0.05) is 29.8 Å². The molecule has 0 aliphatic carbocycles. The van der Waals surface area contributed by atoms with Crippen LogP contribution in [-0.2, 0) is 13.0 Å². The van der Waals surface area contributed by atoms with Crippen LogP contribution in [-0.4, -0.2) is 17.5 Å². The number of carbonyl (C=O) groups excluding carboxylic acids is 1. The Hall–Kier alpha value is -3.41. The van der Waals surface area contributed by atoms with Crippen LogP contribution in [0.1, 0.15) is 32.7 Å². The van der Waals surface area contributed by atoms with Crippen LogP contribution in [0.3, 0.4) is 0 Å². The molecule has 1 heterocycles. The van der Waals surface area contributed by atoms with E-state index in [2.05, 4.69) is 10.3 Å². The maximum Gasteiger partial charge on any atom is 0.253 e. The zero-order valence-electron chi connectivity index (χ0n) is 16.4. The second kappa shape index (κ2) is 9.19. The number of rotatable bonds is 7. The van der Waals surface area contributed by atoms with Gasteiger partial charge in [0.1, 0.15) is 11.6 Å². The number of pyridine rings is 1. The Balaban J connectivity index is 1.52. The van der Waals surface area contributed by atoms with Crippen LogP contribution in [0.15, 0.2) is 59.4 Å². The molecule has 0 aliphatic heterocycles. The molecule has 150 valence electrons. The number of aromatic nitrogens is 1. The van der Waals surface area contributed by atoms with Gasteiger partial charge < -0.3 is 15.0 Å². The number of halogens is 1. The van der Waals surface area contributed by atoms with Crippen molar-refractivity contribution in [2.24, 2.45) is 0 Å². The molecule has 0 bridgehead atoms. The van der Waals surface area contributed by atoms with Crippen LogP contribution in [0, 0.1) is 19.7 Å². The Morgan fingerprint density at radius 1 is 1.07 bits per heavy atom. The van der Waals surface area contributed by atoms with Crippen molar-refractivity contribution in [2.45, 2.75) is 26.8 Å². The topological polar surface area (TPSA) is 71.2 Å². The van der Waals surface area contributed by atoms with Crippen LogP contribution in [0.4, 0.5) is 4.39 Å². The van der Waals surface area contributed by atoms with Crippen molar-refractivity contribution in [3.8, 4) is 5.75 Å². The van der Waals surface area contributed by atoms with E-state index in [0.717, 1.165) is 16.8 Å². The Kier molecular flexibility index (Phi) is 6.44. The number of hydrogen-bond donors (Lipinski definition) is 2. The lowest BCUT2D eigenvalue weighted by atomic mass is 10.1. The smallest absolute Gasteiger partial charge is 0.253 e. The molecule has 0 spiro atoms. The summed E-state index contributed by atoms with van der Waals surface area (Å²) in [5, 5.41) is 2.79. The van der Waals surface area contributed by atoms with Crippen LogP contribution in [0.2, 0.25) is 0 Å². The van der Waals surface area contributed by atoms with Crippen molar-refractivity contribution in [2.75, 3.05) is 6.61 Å². The third-order valence-corrected chi connectivity index (χ3v) is 4.61. The first-order chi connectivity index (χ1) is 13.9. The maximum atomic E-state index is 12.9. The summed E-state index contributed by atoms with van der Waals surface area (Å²) in [6.45, 7) is 4.30. The van der Waals surface area contributed by atoms with Crippen molar-refractivity contribution < 1.29 is 13.9 Å². The fraction of sp³-hybridized carbons (Fsp3) is 0.217. The quantitative estimate of drug-likeness (QED) is 0.642. The fourth-order valence-corrected chi connectivity index (χ4v) is 3.01. The summed E-state index contributed by atoms with van der Waals surface area (Å²) in [7, 11) is 0. The molecule has 29 heavy (non-hydrogen) atoms. The normalized spacial score (nSPS) is 10.6. The minimum absolute atomic E-state index is 0.174. The lowest BCUT2D eigenvalue weighted by molar-refractivity contribution is 0.0950. The van der Waals surface area contributed by atoms with Crippen LogP contribution < -0.4 is 15.6 Å². The second-order valence-electron chi connectivity index (χ2n) is 6.88. The third kappa shape index (κ3) is 5.54. The van der Waals surface area contributed by atoms with E-state index in [0.29, 0.717) is 29.9 Å². The molecule has 3 rings (SSSR count). The predicted molar refractivity (Wildman–Crippen MR) is 110 cm³/mol. The molecule has 3 aromatic rings. The van der Waals surface area contributed by atoms with E-state index in [-0.39, 0.29) is 23.8 Å². The van der Waals surface area contributed by atoms with Gasteiger partial charge in [0.05, 0.1) is 6.61 Å². The number of ether oxygens (including phenoxy) is 1. The number of H-pyrrole nitrogens is 1. The first-order valence-electron chi connectivity index (χ1n) is 9.37. The largest absolute Gasteiger partial charge is 0.493 e. The van der Waals surface area contributed by atoms with Gasteiger partial charge in [-0.05, 0) is 67.4 Å². The first kappa shape index (κ1) is 20.3. The lowest BCUT2D eigenvalue weighted by Gasteiger charge is -2.09. The molecule has 0 fully saturated rings. The van der Waals surface area contributed by atoms with Crippen molar-refractivity contribution in [3.05, 3.63) is 98.7 Å². The zero-order valence-corrected chi connectivity index (χ0v) is 16.4. The predicted octanol–water partition coefficient (Wildman–Crippen LogP) is 3.68. The van der Waals surface area contributed by atoms with Gasteiger partial charge >= 0.3 is 0 Å². The standard InChI is InChI=1S/C23H23FN2O3/c1-15-13-16(2)26-23(28)21(15)14-25-22(27)18-5-3-17(4-6-18)11-12-29-20-9-7-19(24)8-10-20/h3-10,13H,11-12,14H2,1-2H3,(H,25,27)(H,26,28). The minimum atomic E-state index is -0.298. The van der Waals surface area contributed by atoms with E-state index in [1.807, 2.05) is 32.0 Å². The number of nitrogens with one attached hydrogen (secondary N) is 2. The van der Waals surface area contributed by atoms with Crippen LogP contribution in [0.5, 0.6) is 5.75 Å². The Labute approximate surface area is 168 Å². The lowest BCUT2D eigenvalue weighted by Crippen LogP contribution is -2.27. The number of aromatic amines is 1. The van der Waals surface area contributed by atoms with E-state index < -0.39 is 0 Å². The van der Waals surface area contributed by atoms with Crippen molar-refractivity contribution in [1.29, 1.82) is 0 Å². The van der Waals surface area contributed by atoms with Gasteiger partial charge in [-0.15, -0.1) is 0 Å². The Morgan fingerprint density at radius 2 is 1.76 bits per heavy atom. The second-order valence-corrected chi connectivity index (χ2v) is 6.88. The number of hydrogen-bond acceptors (Lipinski definition) is 3. The maximum absolute atomic E-state index is 12.9. The highest BCUT2D eigenvalue weighted by molar-refractivity contribution is 5.94. The number of amides is 1. The third-order valence-electron chi connectivity index (χ3n) is 4.61. The summed E-state index contributed by atoms with van der Waals surface area (Å²) in [6.07, 6.45) is 0.664. The molecule has 1 aromatic heterocycles. The Bertz CT molecular complexity index is 1040. The highest BCUT2D eigenvalue weighted by Gasteiger charge is 2.09. The van der Waals surface area contributed by atoms with E-state index in [9.17, 15) is 14.0 Å². The van der Waals surface area contributed by atoms with Gasteiger partial charge in [-0.2, -0.15) is 0 Å². The zero-order chi connectivity index (χ0) is 20.8. The summed E-state index contributed by atoms with van der Waals surface area (Å²) in [5.74, 6) is 0.0793. The van der Waals surface area contributed by atoms with Gasteiger partial charge in [-0.1, -0.05) is 12.1 Å². The molecule has 0 aliphatic rings. The molecule has 0 saturated heterocycles. The highest BCUT2D eigenvalue weighted by Crippen LogP contribution is 2.12. The number of benzene rings is 2. The molecule has 2 aromatic carbocycles. The summed E-state index contributed by atoms with van der Waals surface area (Å²) in [4.78, 5) is 27.2. The van der Waals surface area contributed by atoms with Crippen molar-refractivity contribution in [1.82, 2.24) is 10.3 Å². The average molecular weight is 394 g/mol. The highest BCUT2D eigenvalue weighted by atomic mass is 19.1. The summed E-state index contributed by atoms with van der Waals surface area (Å²) in [5.41, 5.74) is 3.56. The average Bonchev–Trinajstić information content (AvgIpc) is 2.69. The SMILES string of the molecule is Cc1cc(C)c(CNC(=O)c2ccc(CCOc3ccc(F)cc3)cc2)c(=O)[nH]1. The molecular weight excluding hydrogens is 371 g/mol. The summed E-state index contributed by atoms with van der Waals surface area (Å²) < 4.78 is 18.5. The van der Waals surface area contributed by atoms with E-state index in [1.54, 1.807) is 24.3 Å². The van der Waals surface area contributed by atoms with E-state index in [4.69, 9.17) is 4.74 Å². The summed E-state index contributed by atoms with van der Waals surface area (Å²) in [6, 6.07) is 15.0. The Morgan fingerprint density at radius 3 is 2.41 bits per heavy atom. The van der Waals surface area contributed by atoms with E-state index >= 15 is 0 Å². The van der Waals surface area contributed by atoms with Crippen molar-refractivity contribution >= 4 is 5.91 Å². The molecule has 2 N–H and O–H groups in total. The molecule has 0 unspecified atom stereocenters. The number of carbonyl (C=O) groups is 1. The first-order valence-corrected chi connectivity index (χ1v) is 9.37. The van der Waals surface area contributed by atoms with Crippen LogP contribution >= 0.6 is 0 Å². The molecule has 1 amide bonds. The van der Waals surface area contributed by atoms with Gasteiger partial charge in [0.2, 0.25) is 0 Å². The molecule has 5 nitrogen and oxygen atoms in total.